The molecule has 0 aromatic heterocycles. The Labute approximate surface area is 59.5 Å². The number of hydrogen-bond donors (Lipinski definition) is 0. The molecule has 5 nitrogen and oxygen atoms in total. The maximum atomic E-state index is 10.4. The monoisotopic (exact) mass is 168 g/mol. The lowest BCUT2D eigenvalue weighted by atomic mass is 10.7. The quantitative estimate of drug-likeness (QED) is 0.329. The summed E-state index contributed by atoms with van der Waals surface area (Å²) in [5.74, 6) is 0. The summed E-state index contributed by atoms with van der Waals surface area (Å²) >= 11 is 0. The van der Waals surface area contributed by atoms with Crippen molar-refractivity contribution in [3.05, 3.63) is 12.7 Å². The minimum Gasteiger partial charge on any atom is -0.242 e. The second-order valence-corrected chi connectivity index (χ2v) is 2.40. The Morgan fingerprint density at radius 3 is 2.60 bits per heavy atom. The van der Waals surface area contributed by atoms with E-state index in [4.69, 9.17) is 0 Å². The van der Waals surface area contributed by atoms with Crippen molar-refractivity contribution in [1.29, 1.82) is 0 Å². The molecular weight excluding hydrogens is 160 g/mol. The van der Waals surface area contributed by atoms with Crippen molar-refractivity contribution in [2.24, 2.45) is 0 Å². The molecule has 0 saturated carbocycles. The zero-order valence-corrected chi connectivity index (χ0v) is 6.26. The van der Waals surface area contributed by atoms with Crippen LogP contribution in [0, 0.1) is 0 Å². The maximum Gasteiger partial charge on any atom is 0.426 e. The van der Waals surface area contributed by atoms with Crippen LogP contribution in [0.3, 0.4) is 0 Å². The molecule has 0 rings (SSSR count). The summed E-state index contributed by atoms with van der Waals surface area (Å²) < 4.78 is 28.6. The van der Waals surface area contributed by atoms with E-state index in [2.05, 4.69) is 20.0 Å². The molecule has 0 unspecified atom stereocenters. The van der Waals surface area contributed by atoms with Crippen LogP contribution in [-0.4, -0.2) is 22.1 Å². The first-order chi connectivity index (χ1) is 4.62. The average molecular weight is 168 g/mol. The van der Waals surface area contributed by atoms with Gasteiger partial charge in [0.15, 0.2) is 0 Å². The van der Waals surface area contributed by atoms with Crippen molar-refractivity contribution in [3.8, 4) is 0 Å². The lowest BCUT2D eigenvalue weighted by Crippen LogP contribution is -2.09. The van der Waals surface area contributed by atoms with Gasteiger partial charge in [-0.3, -0.25) is 0 Å². The highest BCUT2D eigenvalue weighted by Crippen LogP contribution is 1.94. The molecule has 10 heavy (non-hydrogen) atoms. The van der Waals surface area contributed by atoms with Crippen molar-refractivity contribution in [2.45, 2.75) is 0 Å². The summed E-state index contributed by atoms with van der Waals surface area (Å²) in [6.45, 7) is 3.10. The van der Waals surface area contributed by atoms with E-state index in [-0.39, 0.29) is 6.61 Å². The second-order valence-electron chi connectivity index (χ2n) is 1.22. The first kappa shape index (κ1) is 9.57. The van der Waals surface area contributed by atoms with Crippen molar-refractivity contribution in [3.63, 3.8) is 0 Å². The van der Waals surface area contributed by atoms with Crippen molar-refractivity contribution >= 4 is 10.4 Å². The van der Waals surface area contributed by atoms with Gasteiger partial charge < -0.3 is 0 Å². The zero-order chi connectivity index (χ0) is 8.04. The molecule has 0 aliphatic carbocycles. The molecule has 0 aromatic carbocycles. The Morgan fingerprint density at radius 1 is 1.60 bits per heavy atom. The Morgan fingerprint density at radius 2 is 2.20 bits per heavy atom. The molecule has 0 heterocycles. The fraction of sp³-hybridized carbons (Fsp3) is 0.500. The third kappa shape index (κ3) is 4.45. The highest BCUT2D eigenvalue weighted by Gasteiger charge is 2.09. The average Bonchev–Trinajstić information content (AvgIpc) is 1.84. The van der Waals surface area contributed by atoms with Crippen LogP contribution in [0.15, 0.2) is 12.7 Å². The Kier molecular flexibility index (Phi) is 4.21. The Balaban J connectivity index is 3.76. The Bertz CT molecular complexity index is 182. The van der Waals surface area contributed by atoms with E-state index in [1.165, 1.54) is 6.08 Å². The van der Waals surface area contributed by atoms with Gasteiger partial charge in [0, 0.05) is 0 Å². The predicted molar refractivity (Wildman–Crippen MR) is 33.2 cm³/mol. The molecule has 0 radical (unpaired) electrons. The van der Waals surface area contributed by atoms with Crippen LogP contribution in [0.1, 0.15) is 0 Å². The topological polar surface area (TPSA) is 61.8 Å². The van der Waals surface area contributed by atoms with Gasteiger partial charge in [-0.05, 0) is 0 Å². The normalized spacial score (nSPS) is 11.3. The molecular formula is C4H8O5S. The van der Waals surface area contributed by atoms with Crippen LogP contribution in [0.4, 0.5) is 0 Å². The third-order valence-electron chi connectivity index (χ3n) is 0.482. The molecule has 0 N–H and O–H groups in total. The predicted octanol–water partition coefficient (Wildman–Crippen LogP) is 0.0118. The first-order valence-electron chi connectivity index (χ1n) is 2.35. The molecule has 0 aliphatic heterocycles. The largest absolute Gasteiger partial charge is 0.426 e. The van der Waals surface area contributed by atoms with E-state index in [0.29, 0.717) is 0 Å². The van der Waals surface area contributed by atoms with Gasteiger partial charge in [0.25, 0.3) is 0 Å². The van der Waals surface area contributed by atoms with Gasteiger partial charge in [-0.1, -0.05) is 10.4 Å². The van der Waals surface area contributed by atoms with Gasteiger partial charge in [-0.25, -0.2) is 9.07 Å². The molecule has 6 heteroatoms. The molecule has 0 saturated heterocycles. The summed E-state index contributed by atoms with van der Waals surface area (Å²) in [7, 11) is -2.92. The molecule has 0 atom stereocenters. The van der Waals surface area contributed by atoms with Crippen LogP contribution in [0.25, 0.3) is 0 Å². The van der Waals surface area contributed by atoms with E-state index in [1.54, 1.807) is 0 Å². The zero-order valence-electron chi connectivity index (χ0n) is 5.44. The SMILES string of the molecule is C=CCOS(=O)(=O)OOC. The second kappa shape index (κ2) is 4.40. The van der Waals surface area contributed by atoms with Crippen molar-refractivity contribution < 1.29 is 21.8 Å². The van der Waals surface area contributed by atoms with Crippen LogP contribution in [-0.2, 0) is 23.8 Å². The summed E-state index contributed by atoms with van der Waals surface area (Å²) in [4.78, 5) is 3.86. The highest BCUT2D eigenvalue weighted by molar-refractivity contribution is 7.81. The lowest BCUT2D eigenvalue weighted by Gasteiger charge is -1.98. The van der Waals surface area contributed by atoms with Crippen LogP contribution < -0.4 is 0 Å². The lowest BCUT2D eigenvalue weighted by molar-refractivity contribution is -0.181. The van der Waals surface area contributed by atoms with Gasteiger partial charge in [0.2, 0.25) is 0 Å². The number of hydrogen-bond acceptors (Lipinski definition) is 5. The molecule has 0 aromatic rings. The molecule has 0 amide bonds. The molecule has 0 bridgehead atoms. The minimum atomic E-state index is -3.99. The van der Waals surface area contributed by atoms with Crippen LogP contribution in [0.2, 0.25) is 0 Å². The fourth-order valence-electron chi connectivity index (χ4n) is 0.234. The van der Waals surface area contributed by atoms with Crippen molar-refractivity contribution in [2.75, 3.05) is 13.7 Å². The Hall–Kier alpha value is -0.430. The van der Waals surface area contributed by atoms with E-state index in [9.17, 15) is 8.42 Å². The van der Waals surface area contributed by atoms with Gasteiger partial charge in [0.05, 0.1) is 13.7 Å². The third-order valence-corrected chi connectivity index (χ3v) is 1.21. The van der Waals surface area contributed by atoms with Crippen LogP contribution in [0.5, 0.6) is 0 Å². The maximum absolute atomic E-state index is 10.4. The number of rotatable bonds is 5. The van der Waals surface area contributed by atoms with Crippen LogP contribution >= 0.6 is 0 Å². The standard InChI is InChI=1S/C4H8O5S/c1-3-4-8-10(5,6)9-7-2/h3H,1,4H2,2H3. The fourth-order valence-corrected chi connectivity index (χ4v) is 0.703. The van der Waals surface area contributed by atoms with Gasteiger partial charge in [-0.2, -0.15) is 8.42 Å². The molecule has 0 spiro atoms. The van der Waals surface area contributed by atoms with E-state index < -0.39 is 10.4 Å². The molecule has 0 aliphatic rings. The smallest absolute Gasteiger partial charge is 0.242 e. The molecule has 0 fully saturated rings. The summed E-state index contributed by atoms with van der Waals surface area (Å²) in [5.41, 5.74) is 0. The minimum absolute atomic E-state index is 0.133. The highest BCUT2D eigenvalue weighted by atomic mass is 32.3. The van der Waals surface area contributed by atoms with Gasteiger partial charge in [-0.15, -0.1) is 6.58 Å². The van der Waals surface area contributed by atoms with Gasteiger partial charge >= 0.3 is 10.4 Å². The van der Waals surface area contributed by atoms with E-state index in [1.807, 2.05) is 0 Å². The van der Waals surface area contributed by atoms with E-state index in [0.717, 1.165) is 7.11 Å². The first-order valence-corrected chi connectivity index (χ1v) is 3.68. The summed E-state index contributed by atoms with van der Waals surface area (Å²) in [6.07, 6.45) is 1.27. The molecule has 60 valence electrons. The van der Waals surface area contributed by atoms with E-state index >= 15 is 0 Å². The van der Waals surface area contributed by atoms with Gasteiger partial charge in [0.1, 0.15) is 0 Å². The summed E-state index contributed by atoms with van der Waals surface area (Å²) in [6, 6.07) is 0. The van der Waals surface area contributed by atoms with Crippen molar-refractivity contribution in [1.82, 2.24) is 0 Å². The summed E-state index contributed by atoms with van der Waals surface area (Å²) in [5, 5.41) is 0.